The molecule has 19 heavy (non-hydrogen) atoms. The van der Waals surface area contributed by atoms with E-state index in [9.17, 15) is 12.8 Å². The molecule has 0 aromatic heterocycles. The van der Waals surface area contributed by atoms with E-state index in [0.717, 1.165) is 4.31 Å². The Kier molecular flexibility index (Phi) is 5.86. The molecule has 0 spiro atoms. The summed E-state index contributed by atoms with van der Waals surface area (Å²) in [6.45, 7) is 1.60. The number of halogens is 1. The summed E-state index contributed by atoms with van der Waals surface area (Å²) in [5.41, 5.74) is 5.40. The zero-order chi connectivity index (χ0) is 14.5. The van der Waals surface area contributed by atoms with Gasteiger partial charge < -0.3 is 10.8 Å². The van der Waals surface area contributed by atoms with Gasteiger partial charge in [-0.25, -0.2) is 12.8 Å². The molecule has 0 saturated heterocycles. The fourth-order valence-corrected chi connectivity index (χ4v) is 3.60. The molecule has 0 amide bonds. The second kappa shape index (κ2) is 6.95. The Balaban J connectivity index is 3.28. The summed E-state index contributed by atoms with van der Waals surface area (Å²) in [5.74, 6) is -0.635. The fourth-order valence-electron chi connectivity index (χ4n) is 1.83. The molecule has 0 atom stereocenters. The lowest BCUT2D eigenvalue weighted by molar-refractivity contribution is 0.253. The summed E-state index contributed by atoms with van der Waals surface area (Å²) in [6.07, 6.45) is 0.604. The minimum atomic E-state index is -3.84. The summed E-state index contributed by atoms with van der Waals surface area (Å²) in [6, 6.07) is 3.85. The normalized spacial score (nSPS) is 12.1. The van der Waals surface area contributed by atoms with Gasteiger partial charge >= 0.3 is 0 Å². The molecule has 0 unspecified atom stereocenters. The van der Waals surface area contributed by atoms with Gasteiger partial charge in [0.1, 0.15) is 5.82 Å². The molecular weight excluding hydrogens is 271 g/mol. The van der Waals surface area contributed by atoms with E-state index in [1.807, 2.05) is 6.92 Å². The SMILES string of the molecule is CCCN(CCO)S(=O)(=O)c1cccc(F)c1CN. The highest BCUT2D eigenvalue weighted by molar-refractivity contribution is 7.89. The van der Waals surface area contributed by atoms with Crippen LogP contribution in [0.25, 0.3) is 0 Å². The predicted molar refractivity (Wildman–Crippen MR) is 70.4 cm³/mol. The predicted octanol–water partition coefficient (Wildman–Crippen LogP) is 0.677. The fraction of sp³-hybridized carbons (Fsp3) is 0.500. The summed E-state index contributed by atoms with van der Waals surface area (Å²) in [7, 11) is -3.84. The van der Waals surface area contributed by atoms with E-state index in [2.05, 4.69) is 0 Å². The smallest absolute Gasteiger partial charge is 0.243 e. The van der Waals surface area contributed by atoms with Crippen molar-refractivity contribution in [2.75, 3.05) is 19.7 Å². The van der Waals surface area contributed by atoms with E-state index in [4.69, 9.17) is 10.8 Å². The molecule has 0 saturated carbocycles. The topological polar surface area (TPSA) is 83.6 Å². The highest BCUT2D eigenvalue weighted by atomic mass is 32.2. The first kappa shape index (κ1) is 16.0. The first-order valence-electron chi connectivity index (χ1n) is 6.07. The number of rotatable bonds is 7. The molecule has 0 radical (unpaired) electrons. The van der Waals surface area contributed by atoms with Gasteiger partial charge in [0.05, 0.1) is 11.5 Å². The number of hydrogen-bond donors (Lipinski definition) is 2. The average molecular weight is 290 g/mol. The van der Waals surface area contributed by atoms with Crippen molar-refractivity contribution in [2.24, 2.45) is 5.73 Å². The summed E-state index contributed by atoms with van der Waals surface area (Å²) >= 11 is 0. The minimum Gasteiger partial charge on any atom is -0.395 e. The first-order valence-corrected chi connectivity index (χ1v) is 7.51. The van der Waals surface area contributed by atoms with Gasteiger partial charge in [0.25, 0.3) is 0 Å². The Bertz CT molecular complexity index is 514. The number of aliphatic hydroxyl groups is 1. The third-order valence-corrected chi connectivity index (χ3v) is 4.70. The molecule has 1 rings (SSSR count). The van der Waals surface area contributed by atoms with Crippen molar-refractivity contribution in [2.45, 2.75) is 24.8 Å². The van der Waals surface area contributed by atoms with E-state index in [1.54, 1.807) is 0 Å². The molecular formula is C12H19FN2O3S. The number of benzene rings is 1. The first-order chi connectivity index (χ1) is 8.98. The molecule has 0 aliphatic heterocycles. The van der Waals surface area contributed by atoms with Crippen LogP contribution >= 0.6 is 0 Å². The van der Waals surface area contributed by atoms with Gasteiger partial charge in [-0.05, 0) is 18.6 Å². The van der Waals surface area contributed by atoms with E-state index in [1.165, 1.54) is 18.2 Å². The van der Waals surface area contributed by atoms with Crippen molar-refractivity contribution in [3.05, 3.63) is 29.6 Å². The Morgan fingerprint density at radius 2 is 2.05 bits per heavy atom. The van der Waals surface area contributed by atoms with Crippen molar-refractivity contribution in [1.82, 2.24) is 4.31 Å². The second-order valence-corrected chi connectivity index (χ2v) is 5.95. The molecule has 3 N–H and O–H groups in total. The Morgan fingerprint density at radius 3 is 2.58 bits per heavy atom. The maximum atomic E-state index is 13.6. The summed E-state index contributed by atoms with van der Waals surface area (Å²) in [5, 5.41) is 8.95. The molecule has 0 heterocycles. The second-order valence-electron chi connectivity index (χ2n) is 4.05. The summed E-state index contributed by atoms with van der Waals surface area (Å²) < 4.78 is 39.6. The van der Waals surface area contributed by atoms with Crippen LogP contribution in [0, 0.1) is 5.82 Å². The van der Waals surface area contributed by atoms with Crippen LogP contribution in [0.2, 0.25) is 0 Å². The van der Waals surface area contributed by atoms with Crippen LogP contribution in [-0.4, -0.2) is 37.5 Å². The van der Waals surface area contributed by atoms with Gasteiger partial charge in [-0.1, -0.05) is 13.0 Å². The van der Waals surface area contributed by atoms with Crippen molar-refractivity contribution >= 4 is 10.0 Å². The third-order valence-electron chi connectivity index (χ3n) is 2.72. The molecule has 0 aliphatic rings. The molecule has 0 aliphatic carbocycles. The van der Waals surface area contributed by atoms with Crippen LogP contribution < -0.4 is 5.73 Å². The highest BCUT2D eigenvalue weighted by Crippen LogP contribution is 2.22. The average Bonchev–Trinajstić information content (AvgIpc) is 2.38. The van der Waals surface area contributed by atoms with Crippen LogP contribution in [0.5, 0.6) is 0 Å². The van der Waals surface area contributed by atoms with Crippen molar-refractivity contribution in [3.63, 3.8) is 0 Å². The Morgan fingerprint density at radius 1 is 1.37 bits per heavy atom. The summed E-state index contributed by atoms with van der Waals surface area (Å²) in [4.78, 5) is -0.128. The van der Waals surface area contributed by atoms with Crippen molar-refractivity contribution in [1.29, 1.82) is 0 Å². The van der Waals surface area contributed by atoms with E-state index >= 15 is 0 Å². The van der Waals surface area contributed by atoms with Crippen LogP contribution in [0.1, 0.15) is 18.9 Å². The van der Waals surface area contributed by atoms with Crippen molar-refractivity contribution in [3.8, 4) is 0 Å². The number of nitrogens with zero attached hydrogens (tertiary/aromatic N) is 1. The quantitative estimate of drug-likeness (QED) is 0.773. The van der Waals surface area contributed by atoms with Crippen LogP contribution in [0.3, 0.4) is 0 Å². The minimum absolute atomic E-state index is 0.0172. The van der Waals surface area contributed by atoms with E-state index < -0.39 is 15.8 Å². The van der Waals surface area contributed by atoms with Gasteiger partial charge in [-0.2, -0.15) is 4.31 Å². The Labute approximate surface area is 112 Å². The molecule has 1 aromatic rings. The van der Waals surface area contributed by atoms with Gasteiger partial charge in [-0.15, -0.1) is 0 Å². The molecule has 0 fully saturated rings. The molecule has 0 bridgehead atoms. The zero-order valence-corrected chi connectivity index (χ0v) is 11.7. The zero-order valence-electron chi connectivity index (χ0n) is 10.8. The lowest BCUT2D eigenvalue weighted by atomic mass is 10.2. The largest absolute Gasteiger partial charge is 0.395 e. The lowest BCUT2D eigenvalue weighted by Crippen LogP contribution is -2.35. The standard InChI is InChI=1S/C12H19FN2O3S/c1-2-6-15(7-8-16)19(17,18)12-5-3-4-11(13)10(12)9-14/h3-5,16H,2,6-9,14H2,1H3. The highest BCUT2D eigenvalue weighted by Gasteiger charge is 2.26. The third kappa shape index (κ3) is 3.50. The van der Waals surface area contributed by atoms with Gasteiger partial charge in [0.15, 0.2) is 0 Å². The van der Waals surface area contributed by atoms with Gasteiger partial charge in [-0.3, -0.25) is 0 Å². The van der Waals surface area contributed by atoms with Crippen LogP contribution in [0.15, 0.2) is 23.1 Å². The van der Waals surface area contributed by atoms with Crippen molar-refractivity contribution < 1.29 is 17.9 Å². The van der Waals surface area contributed by atoms with E-state index in [0.29, 0.717) is 6.42 Å². The maximum Gasteiger partial charge on any atom is 0.243 e. The number of sulfonamides is 1. The molecule has 1 aromatic carbocycles. The van der Waals surface area contributed by atoms with Gasteiger partial charge in [0.2, 0.25) is 10.0 Å². The van der Waals surface area contributed by atoms with E-state index in [-0.39, 0.29) is 36.7 Å². The lowest BCUT2D eigenvalue weighted by Gasteiger charge is -2.22. The Hall–Kier alpha value is -1.02. The molecule has 5 nitrogen and oxygen atoms in total. The number of nitrogens with two attached hydrogens (primary N) is 1. The maximum absolute atomic E-state index is 13.6. The monoisotopic (exact) mass is 290 g/mol. The van der Waals surface area contributed by atoms with Crippen LogP contribution in [-0.2, 0) is 16.6 Å². The molecule has 7 heteroatoms. The molecule has 108 valence electrons. The number of hydrogen-bond acceptors (Lipinski definition) is 4. The van der Waals surface area contributed by atoms with Gasteiger partial charge in [0, 0.05) is 25.2 Å². The number of aliphatic hydroxyl groups excluding tert-OH is 1. The van der Waals surface area contributed by atoms with Crippen LogP contribution in [0.4, 0.5) is 4.39 Å².